The van der Waals surface area contributed by atoms with Gasteiger partial charge in [-0.05, 0) is 42.8 Å². The van der Waals surface area contributed by atoms with Crippen molar-refractivity contribution in [2.24, 2.45) is 0 Å². The van der Waals surface area contributed by atoms with Crippen molar-refractivity contribution >= 4 is 35.1 Å². The molecule has 0 spiro atoms. The van der Waals surface area contributed by atoms with Crippen LogP contribution in [0.2, 0.25) is 5.02 Å². The number of amides is 4. The number of ether oxygens (including phenoxy) is 2. The molecule has 4 amide bonds. The van der Waals surface area contributed by atoms with Gasteiger partial charge >= 0.3 is 6.03 Å². The van der Waals surface area contributed by atoms with E-state index in [9.17, 15) is 14.4 Å². The van der Waals surface area contributed by atoms with Crippen molar-refractivity contribution in [1.82, 2.24) is 25.0 Å². The third kappa shape index (κ3) is 4.26. The topological polar surface area (TPSA) is 128 Å². The average Bonchev–Trinajstić information content (AvgIpc) is 3.34. The first kappa shape index (κ1) is 22.7. The molecule has 1 atom stereocenters. The molecule has 0 radical (unpaired) electrons. The number of carbonyl (C=O) groups excluding carboxylic acids is 3. The number of nitrogens with zero attached hydrogens (tertiary/aromatic N) is 4. The van der Waals surface area contributed by atoms with Gasteiger partial charge in [0.05, 0.1) is 24.6 Å². The van der Waals surface area contributed by atoms with Crippen LogP contribution in [-0.2, 0) is 15.1 Å². The SMILES string of the molecule is C[C@@]1(c2ccc3c(c2)OCCCO3)NC(=O)N(CC(=O)Nc2cc(Cl)ccc2-n2cncn2)C1=O. The predicted molar refractivity (Wildman–Crippen MR) is 125 cm³/mol. The molecule has 0 unspecified atom stereocenters. The Kier molecular flexibility index (Phi) is 5.77. The van der Waals surface area contributed by atoms with Gasteiger partial charge in [0, 0.05) is 11.4 Å². The monoisotopic (exact) mass is 496 g/mol. The summed E-state index contributed by atoms with van der Waals surface area (Å²) >= 11 is 6.10. The van der Waals surface area contributed by atoms with Crippen molar-refractivity contribution in [2.45, 2.75) is 18.9 Å². The quantitative estimate of drug-likeness (QED) is 0.519. The Morgan fingerprint density at radius 3 is 2.74 bits per heavy atom. The number of nitrogens with one attached hydrogen (secondary N) is 2. The van der Waals surface area contributed by atoms with Crippen LogP contribution < -0.4 is 20.1 Å². The van der Waals surface area contributed by atoms with E-state index in [1.165, 1.54) is 17.3 Å². The van der Waals surface area contributed by atoms with E-state index >= 15 is 0 Å². The van der Waals surface area contributed by atoms with Crippen molar-refractivity contribution in [3.63, 3.8) is 0 Å². The van der Waals surface area contributed by atoms with Crippen LogP contribution in [-0.4, -0.2) is 57.3 Å². The van der Waals surface area contributed by atoms with E-state index in [1.807, 2.05) is 0 Å². The molecular weight excluding hydrogens is 476 g/mol. The molecule has 0 bridgehead atoms. The lowest BCUT2D eigenvalue weighted by molar-refractivity contribution is -0.133. The second kappa shape index (κ2) is 8.91. The fourth-order valence-corrected chi connectivity index (χ4v) is 4.16. The molecule has 0 aliphatic carbocycles. The Labute approximate surface area is 205 Å². The van der Waals surface area contributed by atoms with Crippen molar-refractivity contribution in [2.75, 3.05) is 25.1 Å². The lowest BCUT2D eigenvalue weighted by atomic mass is 9.91. The molecule has 1 fully saturated rings. The van der Waals surface area contributed by atoms with E-state index in [1.54, 1.807) is 43.3 Å². The Bertz CT molecular complexity index is 1310. The second-order valence-electron chi connectivity index (χ2n) is 8.21. The van der Waals surface area contributed by atoms with Gasteiger partial charge in [0.15, 0.2) is 11.5 Å². The summed E-state index contributed by atoms with van der Waals surface area (Å²) in [6.45, 7) is 2.12. The molecule has 0 saturated carbocycles. The lowest BCUT2D eigenvalue weighted by Gasteiger charge is -2.23. The number of hydrogen-bond acceptors (Lipinski definition) is 7. The van der Waals surface area contributed by atoms with E-state index in [-0.39, 0.29) is 0 Å². The van der Waals surface area contributed by atoms with Gasteiger partial charge in [-0.2, -0.15) is 5.10 Å². The van der Waals surface area contributed by atoms with Crippen LogP contribution in [0, 0.1) is 0 Å². The van der Waals surface area contributed by atoms with Gasteiger partial charge in [-0.1, -0.05) is 17.7 Å². The highest BCUT2D eigenvalue weighted by Crippen LogP contribution is 2.36. The minimum Gasteiger partial charge on any atom is -0.490 e. The molecule has 1 saturated heterocycles. The van der Waals surface area contributed by atoms with Crippen LogP contribution in [0.25, 0.3) is 5.69 Å². The molecule has 5 rings (SSSR count). The van der Waals surface area contributed by atoms with Gasteiger partial charge in [-0.3, -0.25) is 14.5 Å². The first-order valence-electron chi connectivity index (χ1n) is 10.8. The number of fused-ring (bicyclic) bond motifs is 1. The highest BCUT2D eigenvalue weighted by molar-refractivity contribution is 6.31. The summed E-state index contributed by atoms with van der Waals surface area (Å²) in [4.78, 5) is 43.7. The Morgan fingerprint density at radius 1 is 1.17 bits per heavy atom. The summed E-state index contributed by atoms with van der Waals surface area (Å²) in [5, 5.41) is 9.85. The summed E-state index contributed by atoms with van der Waals surface area (Å²) in [7, 11) is 0. The van der Waals surface area contributed by atoms with Gasteiger partial charge in [0.2, 0.25) is 5.91 Å². The van der Waals surface area contributed by atoms with Gasteiger partial charge in [-0.15, -0.1) is 0 Å². The molecule has 12 heteroatoms. The highest BCUT2D eigenvalue weighted by Gasteiger charge is 2.49. The van der Waals surface area contributed by atoms with Crippen LogP contribution in [0.4, 0.5) is 10.5 Å². The standard InChI is InChI=1S/C23H21ClN6O5/c1-23(14-3-6-18-19(9-14)35-8-2-7-34-18)21(32)29(22(33)28-23)11-20(31)27-16-10-15(24)4-5-17(16)30-13-25-12-26-30/h3-6,9-10,12-13H,2,7-8,11H2,1H3,(H,27,31)(H,28,33)/t23-/m0/s1. The fourth-order valence-electron chi connectivity index (χ4n) is 3.98. The van der Waals surface area contributed by atoms with Crippen LogP contribution >= 0.6 is 11.6 Å². The fraction of sp³-hybridized carbons (Fsp3) is 0.261. The van der Waals surface area contributed by atoms with E-state index in [4.69, 9.17) is 21.1 Å². The van der Waals surface area contributed by atoms with Crippen LogP contribution in [0.15, 0.2) is 49.1 Å². The largest absolute Gasteiger partial charge is 0.490 e. The molecule has 3 aromatic rings. The third-order valence-corrected chi connectivity index (χ3v) is 6.03. The van der Waals surface area contributed by atoms with Crippen LogP contribution in [0.1, 0.15) is 18.9 Å². The van der Waals surface area contributed by atoms with Crippen LogP contribution in [0.5, 0.6) is 11.5 Å². The van der Waals surface area contributed by atoms with Crippen molar-refractivity contribution in [3.8, 4) is 17.2 Å². The lowest BCUT2D eigenvalue weighted by Crippen LogP contribution is -2.42. The molecule has 1 aromatic heterocycles. The van der Waals surface area contributed by atoms with Gasteiger partial charge in [0.25, 0.3) is 5.91 Å². The Balaban J connectivity index is 1.35. The van der Waals surface area contributed by atoms with E-state index in [0.717, 1.165) is 11.3 Å². The zero-order chi connectivity index (χ0) is 24.6. The molecule has 180 valence electrons. The van der Waals surface area contributed by atoms with Crippen LogP contribution in [0.3, 0.4) is 0 Å². The van der Waals surface area contributed by atoms with Crippen molar-refractivity contribution < 1.29 is 23.9 Å². The molecule has 3 heterocycles. The molecular formula is C23H21ClN6O5. The zero-order valence-corrected chi connectivity index (χ0v) is 19.4. The molecule has 2 aliphatic heterocycles. The Morgan fingerprint density at radius 2 is 1.97 bits per heavy atom. The van der Waals surface area contributed by atoms with E-state index in [0.29, 0.717) is 46.7 Å². The van der Waals surface area contributed by atoms with Gasteiger partial charge in [-0.25, -0.2) is 14.5 Å². The number of halogens is 1. The maximum absolute atomic E-state index is 13.3. The normalized spacial score (nSPS) is 19.3. The predicted octanol–water partition coefficient (Wildman–Crippen LogP) is 2.49. The molecule has 2 N–H and O–H groups in total. The minimum absolute atomic E-state index is 0.353. The molecule has 11 nitrogen and oxygen atoms in total. The van der Waals surface area contributed by atoms with Crippen molar-refractivity contribution in [3.05, 3.63) is 59.6 Å². The minimum atomic E-state index is -1.37. The molecule has 2 aromatic carbocycles. The zero-order valence-electron chi connectivity index (χ0n) is 18.7. The number of aromatic nitrogens is 3. The smallest absolute Gasteiger partial charge is 0.325 e. The number of imide groups is 1. The summed E-state index contributed by atoms with van der Waals surface area (Å²) in [6.07, 6.45) is 3.57. The average molecular weight is 497 g/mol. The second-order valence-corrected chi connectivity index (χ2v) is 8.64. The summed E-state index contributed by atoms with van der Waals surface area (Å²) in [5.41, 5.74) is 0.0239. The van der Waals surface area contributed by atoms with Gasteiger partial charge in [0.1, 0.15) is 24.7 Å². The highest BCUT2D eigenvalue weighted by atomic mass is 35.5. The number of hydrogen-bond donors (Lipinski definition) is 2. The first-order chi connectivity index (χ1) is 16.8. The maximum atomic E-state index is 13.3. The molecule has 35 heavy (non-hydrogen) atoms. The summed E-state index contributed by atoms with van der Waals surface area (Å²) in [6, 6.07) is 9.27. The summed E-state index contributed by atoms with van der Waals surface area (Å²) < 4.78 is 12.8. The number of benzene rings is 2. The Hall–Kier alpha value is -4.12. The van der Waals surface area contributed by atoms with E-state index in [2.05, 4.69) is 20.7 Å². The number of anilines is 1. The maximum Gasteiger partial charge on any atom is 0.325 e. The van der Waals surface area contributed by atoms with Crippen molar-refractivity contribution in [1.29, 1.82) is 0 Å². The van der Waals surface area contributed by atoms with Gasteiger partial charge < -0.3 is 20.1 Å². The third-order valence-electron chi connectivity index (χ3n) is 5.80. The number of urea groups is 1. The first-order valence-corrected chi connectivity index (χ1v) is 11.2. The number of rotatable bonds is 5. The molecule has 2 aliphatic rings. The summed E-state index contributed by atoms with van der Waals surface area (Å²) in [5.74, 6) is -0.0663. The van der Waals surface area contributed by atoms with E-state index < -0.39 is 29.9 Å². The number of carbonyl (C=O) groups is 3.